The zero-order valence-corrected chi connectivity index (χ0v) is 11.5. The van der Waals surface area contributed by atoms with E-state index in [4.69, 9.17) is 34.8 Å². The van der Waals surface area contributed by atoms with Crippen molar-refractivity contribution >= 4 is 51.5 Å². The summed E-state index contributed by atoms with van der Waals surface area (Å²) in [6.07, 6.45) is 0. The third-order valence-electron chi connectivity index (χ3n) is 2.12. The average Bonchev–Trinajstić information content (AvgIpc) is 2.19. The minimum absolute atomic E-state index is 0.157. The molecule has 0 aliphatic heterocycles. The van der Waals surface area contributed by atoms with Gasteiger partial charge in [-0.3, -0.25) is 0 Å². The molecule has 0 bridgehead atoms. The molecule has 1 aromatic heterocycles. The molecule has 1 N–H and O–H groups in total. The van der Waals surface area contributed by atoms with Gasteiger partial charge < -0.3 is 5.32 Å². The normalized spacial score (nSPS) is 11.2. The largest absolute Gasteiger partial charge is 0.367 e. The molecular formula is C11H10Cl3N3. The zero-order valence-electron chi connectivity index (χ0n) is 9.26. The van der Waals surface area contributed by atoms with Gasteiger partial charge in [-0.1, -0.05) is 23.2 Å². The second-order valence-corrected chi connectivity index (χ2v) is 5.11. The fourth-order valence-electron chi connectivity index (χ4n) is 1.51. The van der Waals surface area contributed by atoms with Crippen molar-refractivity contribution in [1.82, 2.24) is 9.97 Å². The number of rotatable bonds is 2. The Morgan fingerprint density at radius 2 is 1.82 bits per heavy atom. The number of anilines is 1. The Bertz CT molecular complexity index is 569. The highest BCUT2D eigenvalue weighted by atomic mass is 35.5. The Hall–Kier alpha value is -0.770. The van der Waals surface area contributed by atoms with Crippen LogP contribution in [-0.2, 0) is 0 Å². The summed E-state index contributed by atoms with van der Waals surface area (Å²) in [4.78, 5) is 8.26. The van der Waals surface area contributed by atoms with Crippen LogP contribution in [0.1, 0.15) is 13.8 Å². The van der Waals surface area contributed by atoms with Crippen LogP contribution in [0.25, 0.3) is 10.9 Å². The summed E-state index contributed by atoms with van der Waals surface area (Å²) in [5, 5.41) is 5.12. The smallest absolute Gasteiger partial charge is 0.224 e. The lowest BCUT2D eigenvalue weighted by Gasteiger charge is -2.12. The van der Waals surface area contributed by atoms with Gasteiger partial charge in [0.05, 0.1) is 10.5 Å². The van der Waals surface area contributed by atoms with Gasteiger partial charge in [0.1, 0.15) is 5.82 Å². The van der Waals surface area contributed by atoms with Crippen LogP contribution in [0.4, 0.5) is 5.82 Å². The summed E-state index contributed by atoms with van der Waals surface area (Å²) in [6, 6.07) is 3.62. The van der Waals surface area contributed by atoms with Crippen molar-refractivity contribution in [3.8, 4) is 0 Å². The highest BCUT2D eigenvalue weighted by Gasteiger charge is 2.11. The maximum Gasteiger partial charge on any atom is 0.224 e. The molecule has 1 aromatic carbocycles. The summed E-state index contributed by atoms with van der Waals surface area (Å²) in [7, 11) is 0. The monoisotopic (exact) mass is 289 g/mol. The second kappa shape index (κ2) is 4.84. The van der Waals surface area contributed by atoms with Gasteiger partial charge in [-0.05, 0) is 37.6 Å². The molecule has 0 unspecified atom stereocenters. The van der Waals surface area contributed by atoms with Crippen LogP contribution in [0.2, 0.25) is 15.3 Å². The van der Waals surface area contributed by atoms with E-state index in [0.29, 0.717) is 21.4 Å². The highest BCUT2D eigenvalue weighted by molar-refractivity contribution is 6.39. The third kappa shape index (κ3) is 2.73. The Kier molecular flexibility index (Phi) is 3.61. The van der Waals surface area contributed by atoms with Gasteiger partial charge in [-0.25, -0.2) is 9.97 Å². The van der Waals surface area contributed by atoms with Gasteiger partial charge in [-0.15, -0.1) is 0 Å². The van der Waals surface area contributed by atoms with Gasteiger partial charge in [0.25, 0.3) is 0 Å². The molecule has 3 nitrogen and oxygen atoms in total. The number of fused-ring (bicyclic) bond motifs is 1. The predicted molar refractivity (Wildman–Crippen MR) is 73.3 cm³/mol. The lowest BCUT2D eigenvalue weighted by molar-refractivity contribution is 0.890. The zero-order chi connectivity index (χ0) is 12.6. The summed E-state index contributed by atoms with van der Waals surface area (Å²) in [5.41, 5.74) is 0.596. The molecule has 2 rings (SSSR count). The first-order valence-corrected chi connectivity index (χ1v) is 6.19. The number of benzene rings is 1. The van der Waals surface area contributed by atoms with Crippen LogP contribution in [0.5, 0.6) is 0 Å². The first kappa shape index (κ1) is 12.7. The highest BCUT2D eigenvalue weighted by Crippen LogP contribution is 2.31. The van der Waals surface area contributed by atoms with Crippen LogP contribution < -0.4 is 5.32 Å². The number of hydrogen-bond donors (Lipinski definition) is 1. The number of aromatic nitrogens is 2. The van der Waals surface area contributed by atoms with E-state index in [9.17, 15) is 0 Å². The number of halogens is 3. The van der Waals surface area contributed by atoms with Crippen LogP contribution in [-0.4, -0.2) is 16.0 Å². The Morgan fingerprint density at radius 3 is 2.47 bits per heavy atom. The van der Waals surface area contributed by atoms with Crippen LogP contribution >= 0.6 is 34.8 Å². The Balaban J connectivity index is 2.73. The first-order valence-electron chi connectivity index (χ1n) is 5.06. The molecule has 0 aliphatic rings. The van der Waals surface area contributed by atoms with Gasteiger partial charge >= 0.3 is 0 Å². The SMILES string of the molecule is CC(C)Nc1nc(Cl)nc2c(Cl)cc(Cl)cc12. The van der Waals surface area contributed by atoms with E-state index < -0.39 is 0 Å². The molecule has 0 atom stereocenters. The van der Waals surface area contributed by atoms with Crippen LogP contribution in [0.3, 0.4) is 0 Å². The van der Waals surface area contributed by atoms with Gasteiger partial charge in [0.2, 0.25) is 5.28 Å². The van der Waals surface area contributed by atoms with E-state index in [1.54, 1.807) is 12.1 Å². The standard InChI is InChI=1S/C11H10Cl3N3/c1-5(2)15-10-7-3-6(12)4-8(13)9(7)16-11(14)17-10/h3-5H,1-2H3,(H,15,16,17). The fraction of sp³-hybridized carbons (Fsp3) is 0.273. The third-order valence-corrected chi connectivity index (χ3v) is 2.79. The summed E-state index contributed by atoms with van der Waals surface area (Å²) < 4.78 is 0. The number of nitrogens with zero attached hydrogens (tertiary/aromatic N) is 2. The van der Waals surface area contributed by atoms with Crippen LogP contribution in [0, 0.1) is 0 Å². The van der Waals surface area contributed by atoms with E-state index in [0.717, 1.165) is 5.39 Å². The topological polar surface area (TPSA) is 37.8 Å². The van der Waals surface area contributed by atoms with Gasteiger partial charge in [-0.2, -0.15) is 0 Å². The molecule has 0 amide bonds. The average molecular weight is 291 g/mol. The summed E-state index contributed by atoms with van der Waals surface area (Å²) >= 11 is 17.9. The summed E-state index contributed by atoms with van der Waals surface area (Å²) in [6.45, 7) is 4.02. The molecule has 2 aromatic rings. The van der Waals surface area contributed by atoms with Gasteiger partial charge in [0, 0.05) is 16.5 Å². The molecule has 0 radical (unpaired) electrons. The molecule has 17 heavy (non-hydrogen) atoms. The van der Waals surface area contributed by atoms with Crippen molar-refractivity contribution in [2.75, 3.05) is 5.32 Å². The quantitative estimate of drug-likeness (QED) is 0.833. The lowest BCUT2D eigenvalue weighted by atomic mass is 10.2. The van der Waals surface area contributed by atoms with Crippen LogP contribution in [0.15, 0.2) is 12.1 Å². The molecular weight excluding hydrogens is 281 g/mol. The molecule has 0 fully saturated rings. The lowest BCUT2D eigenvalue weighted by Crippen LogP contribution is -2.12. The molecule has 0 saturated carbocycles. The predicted octanol–water partition coefficient (Wildman–Crippen LogP) is 4.41. The van der Waals surface area contributed by atoms with Crippen molar-refractivity contribution in [2.24, 2.45) is 0 Å². The van der Waals surface area contributed by atoms with E-state index >= 15 is 0 Å². The van der Waals surface area contributed by atoms with E-state index in [1.807, 2.05) is 13.8 Å². The Morgan fingerprint density at radius 1 is 1.12 bits per heavy atom. The molecule has 1 heterocycles. The minimum Gasteiger partial charge on any atom is -0.367 e. The maximum atomic E-state index is 6.08. The Labute approximate surface area is 114 Å². The molecule has 0 saturated heterocycles. The number of hydrogen-bond acceptors (Lipinski definition) is 3. The van der Waals surface area contributed by atoms with Crippen molar-refractivity contribution in [2.45, 2.75) is 19.9 Å². The van der Waals surface area contributed by atoms with Crippen molar-refractivity contribution in [3.05, 3.63) is 27.5 Å². The molecule has 6 heteroatoms. The van der Waals surface area contributed by atoms with E-state index in [1.165, 1.54) is 0 Å². The number of nitrogens with one attached hydrogen (secondary N) is 1. The first-order chi connectivity index (χ1) is 7.97. The minimum atomic E-state index is 0.157. The fourth-order valence-corrected chi connectivity index (χ4v) is 2.22. The van der Waals surface area contributed by atoms with Crippen molar-refractivity contribution in [3.63, 3.8) is 0 Å². The molecule has 90 valence electrons. The van der Waals surface area contributed by atoms with Crippen molar-refractivity contribution < 1.29 is 0 Å². The van der Waals surface area contributed by atoms with Crippen molar-refractivity contribution in [1.29, 1.82) is 0 Å². The summed E-state index contributed by atoms with van der Waals surface area (Å²) in [5.74, 6) is 0.638. The van der Waals surface area contributed by atoms with E-state index in [2.05, 4.69) is 15.3 Å². The maximum absolute atomic E-state index is 6.08. The second-order valence-electron chi connectivity index (χ2n) is 3.92. The van der Waals surface area contributed by atoms with Gasteiger partial charge in [0.15, 0.2) is 0 Å². The van der Waals surface area contributed by atoms with E-state index in [-0.39, 0.29) is 11.3 Å². The molecule has 0 spiro atoms. The molecule has 0 aliphatic carbocycles.